The first-order chi connectivity index (χ1) is 12.3. The minimum Gasteiger partial charge on any atom is -0.480 e. The summed E-state index contributed by atoms with van der Waals surface area (Å²) in [6.45, 7) is 7.19. The standard InChI is InChI=1S/C18H36N4O4.CH4.ClH/c1-4-5-8-14(16(23)20-12-10-13(2)3)21-18(26)22-15(17(24)25)9-6-7-11-19;;/h13-15H,4-12,19H2,1-3H3,(H,20,23)(H,24,25)(H2,21,22,26);1H4;1H/t14-,15+;;/m1../s1. The van der Waals surface area contributed by atoms with Crippen molar-refractivity contribution in [2.45, 2.75) is 85.2 Å². The quantitative estimate of drug-likeness (QED) is 0.273. The van der Waals surface area contributed by atoms with E-state index >= 15 is 0 Å². The first kappa shape index (κ1) is 31.2. The van der Waals surface area contributed by atoms with Crippen LogP contribution in [-0.4, -0.2) is 48.2 Å². The monoisotopic (exact) mass is 424 g/mol. The molecule has 3 amide bonds. The largest absolute Gasteiger partial charge is 0.480 e. The molecule has 0 bridgehead atoms. The minimum atomic E-state index is -1.09. The molecule has 0 aliphatic carbocycles. The lowest BCUT2D eigenvalue weighted by atomic mass is 10.1. The van der Waals surface area contributed by atoms with Gasteiger partial charge in [0.1, 0.15) is 12.1 Å². The predicted octanol–water partition coefficient (Wildman–Crippen LogP) is 2.65. The van der Waals surface area contributed by atoms with Gasteiger partial charge in [0.2, 0.25) is 5.91 Å². The lowest BCUT2D eigenvalue weighted by Gasteiger charge is -2.21. The number of carbonyl (C=O) groups excluding carboxylic acids is 2. The molecule has 0 aliphatic heterocycles. The fraction of sp³-hybridized carbons (Fsp3) is 0.842. The average Bonchev–Trinajstić information content (AvgIpc) is 2.57. The zero-order chi connectivity index (χ0) is 19.9. The third-order valence-electron chi connectivity index (χ3n) is 4.04. The van der Waals surface area contributed by atoms with Crippen LogP contribution in [0.5, 0.6) is 0 Å². The molecular formula is C19H41ClN4O4. The van der Waals surface area contributed by atoms with Crippen molar-refractivity contribution in [3.05, 3.63) is 0 Å². The third-order valence-corrected chi connectivity index (χ3v) is 4.04. The smallest absolute Gasteiger partial charge is 0.326 e. The predicted molar refractivity (Wildman–Crippen MR) is 116 cm³/mol. The molecule has 168 valence electrons. The van der Waals surface area contributed by atoms with Crippen LogP contribution in [0.1, 0.15) is 73.1 Å². The van der Waals surface area contributed by atoms with Crippen molar-refractivity contribution in [2.24, 2.45) is 11.7 Å². The second kappa shape index (κ2) is 18.8. The molecule has 0 aromatic heterocycles. The topological polar surface area (TPSA) is 134 Å². The zero-order valence-corrected chi connectivity index (χ0v) is 17.6. The lowest BCUT2D eigenvalue weighted by molar-refractivity contribution is -0.139. The van der Waals surface area contributed by atoms with E-state index < -0.39 is 24.1 Å². The van der Waals surface area contributed by atoms with Gasteiger partial charge in [-0.2, -0.15) is 0 Å². The second-order valence-corrected chi connectivity index (χ2v) is 6.96. The molecule has 9 heteroatoms. The molecule has 0 fully saturated rings. The van der Waals surface area contributed by atoms with Gasteiger partial charge in [-0.1, -0.05) is 41.0 Å². The van der Waals surface area contributed by atoms with Crippen LogP contribution in [0.15, 0.2) is 0 Å². The van der Waals surface area contributed by atoms with E-state index in [1.165, 1.54) is 0 Å². The van der Waals surface area contributed by atoms with E-state index in [9.17, 15) is 19.5 Å². The number of hydrogen-bond donors (Lipinski definition) is 5. The molecule has 0 aliphatic rings. The van der Waals surface area contributed by atoms with Crippen molar-refractivity contribution in [1.29, 1.82) is 0 Å². The second-order valence-electron chi connectivity index (χ2n) is 6.96. The van der Waals surface area contributed by atoms with Crippen molar-refractivity contribution in [2.75, 3.05) is 13.1 Å². The first-order valence-electron chi connectivity index (χ1n) is 9.59. The Hall–Kier alpha value is -1.54. The molecule has 0 aromatic carbocycles. The van der Waals surface area contributed by atoms with Crippen LogP contribution in [0.2, 0.25) is 0 Å². The molecule has 0 saturated carbocycles. The van der Waals surface area contributed by atoms with Gasteiger partial charge >= 0.3 is 12.0 Å². The van der Waals surface area contributed by atoms with E-state index in [-0.39, 0.29) is 25.7 Å². The zero-order valence-electron chi connectivity index (χ0n) is 16.8. The van der Waals surface area contributed by atoms with Crippen LogP contribution in [0, 0.1) is 5.92 Å². The fourth-order valence-corrected chi connectivity index (χ4v) is 2.39. The Kier molecular flexibility index (Phi) is 20.9. The number of carbonyl (C=O) groups is 3. The van der Waals surface area contributed by atoms with Crippen LogP contribution in [0.4, 0.5) is 4.79 Å². The number of urea groups is 1. The van der Waals surface area contributed by atoms with Gasteiger partial charge in [-0.15, -0.1) is 12.4 Å². The maximum atomic E-state index is 12.3. The number of nitrogens with two attached hydrogens (primary N) is 1. The minimum absolute atomic E-state index is 0. The van der Waals surface area contributed by atoms with Crippen molar-refractivity contribution < 1.29 is 19.5 Å². The van der Waals surface area contributed by atoms with Crippen LogP contribution in [0.3, 0.4) is 0 Å². The number of carboxylic acid groups (broad SMARTS) is 1. The Morgan fingerprint density at radius 1 is 0.964 bits per heavy atom. The van der Waals surface area contributed by atoms with Gasteiger partial charge in [-0.25, -0.2) is 9.59 Å². The molecule has 0 unspecified atom stereocenters. The maximum Gasteiger partial charge on any atom is 0.326 e. The Labute approximate surface area is 176 Å². The highest BCUT2D eigenvalue weighted by Gasteiger charge is 2.24. The van der Waals surface area contributed by atoms with Crippen molar-refractivity contribution in [1.82, 2.24) is 16.0 Å². The third kappa shape index (κ3) is 15.5. The van der Waals surface area contributed by atoms with Gasteiger partial charge in [-0.05, 0) is 44.6 Å². The molecule has 0 rings (SSSR count). The number of hydrogen-bond acceptors (Lipinski definition) is 4. The van der Waals surface area contributed by atoms with Gasteiger partial charge in [0.05, 0.1) is 0 Å². The molecule has 0 heterocycles. The van der Waals surface area contributed by atoms with E-state index in [0.717, 1.165) is 19.3 Å². The van der Waals surface area contributed by atoms with Gasteiger partial charge in [-0.3, -0.25) is 4.79 Å². The molecule has 0 saturated heterocycles. The van der Waals surface area contributed by atoms with Crippen molar-refractivity contribution >= 4 is 30.3 Å². The number of amides is 3. The van der Waals surface area contributed by atoms with E-state index in [1.807, 2.05) is 6.92 Å². The Morgan fingerprint density at radius 2 is 1.54 bits per heavy atom. The van der Waals surface area contributed by atoms with E-state index in [2.05, 4.69) is 29.8 Å². The molecule has 8 nitrogen and oxygen atoms in total. The molecular weight excluding hydrogens is 384 g/mol. The highest BCUT2D eigenvalue weighted by atomic mass is 35.5. The summed E-state index contributed by atoms with van der Waals surface area (Å²) < 4.78 is 0. The lowest BCUT2D eigenvalue weighted by Crippen LogP contribution is -2.53. The average molecular weight is 425 g/mol. The summed E-state index contributed by atoms with van der Waals surface area (Å²) in [7, 11) is 0. The van der Waals surface area contributed by atoms with Gasteiger partial charge in [0.25, 0.3) is 0 Å². The fourth-order valence-electron chi connectivity index (χ4n) is 2.39. The molecule has 0 spiro atoms. The Morgan fingerprint density at radius 3 is 2.04 bits per heavy atom. The van der Waals surface area contributed by atoms with Gasteiger partial charge in [0, 0.05) is 6.54 Å². The molecule has 28 heavy (non-hydrogen) atoms. The maximum absolute atomic E-state index is 12.3. The van der Waals surface area contributed by atoms with Gasteiger partial charge < -0.3 is 26.8 Å². The number of carboxylic acids is 1. The van der Waals surface area contributed by atoms with Crippen molar-refractivity contribution in [3.8, 4) is 0 Å². The summed E-state index contributed by atoms with van der Waals surface area (Å²) in [4.78, 5) is 35.7. The summed E-state index contributed by atoms with van der Waals surface area (Å²) in [6.07, 6.45) is 4.69. The first-order valence-corrected chi connectivity index (χ1v) is 9.59. The molecule has 6 N–H and O–H groups in total. The summed E-state index contributed by atoms with van der Waals surface area (Å²) in [5, 5.41) is 17.1. The number of nitrogens with one attached hydrogen (secondary N) is 3. The Bertz CT molecular complexity index is 436. The van der Waals surface area contributed by atoms with E-state index in [4.69, 9.17) is 5.73 Å². The highest BCUT2D eigenvalue weighted by Crippen LogP contribution is 2.04. The number of rotatable bonds is 14. The van der Waals surface area contributed by atoms with E-state index in [1.54, 1.807) is 0 Å². The number of aliphatic carboxylic acids is 1. The summed E-state index contributed by atoms with van der Waals surface area (Å²) >= 11 is 0. The normalized spacial score (nSPS) is 12.2. The van der Waals surface area contributed by atoms with Crippen LogP contribution in [-0.2, 0) is 9.59 Å². The number of unbranched alkanes of at least 4 members (excludes halogenated alkanes) is 2. The van der Waals surface area contributed by atoms with Crippen LogP contribution >= 0.6 is 12.4 Å². The highest BCUT2D eigenvalue weighted by molar-refractivity contribution is 5.88. The Balaban J connectivity index is -0.00000312. The molecule has 2 atom stereocenters. The SMILES string of the molecule is C.CCCC[C@@H](NC(=O)N[C@@H](CCCCN)C(=O)O)C(=O)NCCC(C)C.Cl. The van der Waals surface area contributed by atoms with Gasteiger partial charge in [0.15, 0.2) is 0 Å². The molecule has 0 radical (unpaired) electrons. The van der Waals surface area contributed by atoms with Crippen LogP contribution < -0.4 is 21.7 Å². The number of halogens is 1. The summed E-state index contributed by atoms with van der Waals surface area (Å²) in [5.41, 5.74) is 5.40. The van der Waals surface area contributed by atoms with Crippen molar-refractivity contribution in [3.63, 3.8) is 0 Å². The molecule has 0 aromatic rings. The van der Waals surface area contributed by atoms with E-state index in [0.29, 0.717) is 44.7 Å². The summed E-state index contributed by atoms with van der Waals surface area (Å²) in [6, 6.07) is -2.29. The van der Waals surface area contributed by atoms with Crippen LogP contribution in [0.25, 0.3) is 0 Å². The summed E-state index contributed by atoms with van der Waals surface area (Å²) in [5.74, 6) is -0.849.